The van der Waals surface area contributed by atoms with Gasteiger partial charge in [-0.2, -0.15) is 0 Å². The smallest absolute Gasteiger partial charge is 0.261 e. The molecule has 0 aromatic heterocycles. The van der Waals surface area contributed by atoms with Crippen LogP contribution in [0.15, 0.2) is 36.4 Å². The Kier molecular flexibility index (Phi) is 7.28. The first-order chi connectivity index (χ1) is 13.0. The second kappa shape index (κ2) is 9.66. The lowest BCUT2D eigenvalue weighted by atomic mass is 10.1. The number of halogens is 1. The molecule has 0 saturated heterocycles. The molecule has 0 aliphatic carbocycles. The minimum absolute atomic E-state index is 0.0446. The van der Waals surface area contributed by atoms with Crippen molar-refractivity contribution in [1.82, 2.24) is 5.32 Å². The predicted molar refractivity (Wildman–Crippen MR) is 99.1 cm³/mol. The van der Waals surface area contributed by atoms with Crippen molar-refractivity contribution in [3.05, 3.63) is 47.8 Å². The van der Waals surface area contributed by atoms with Gasteiger partial charge in [0.15, 0.2) is 29.2 Å². The number of nitrogens with one attached hydrogen (secondary N) is 1. The first-order valence-electron chi connectivity index (χ1n) is 8.52. The average Bonchev–Trinajstić information content (AvgIpc) is 2.70. The summed E-state index contributed by atoms with van der Waals surface area (Å²) in [4.78, 5) is 12.5. The zero-order valence-corrected chi connectivity index (χ0v) is 15.9. The summed E-state index contributed by atoms with van der Waals surface area (Å²) in [5.41, 5.74) is 0.712. The predicted octanol–water partition coefficient (Wildman–Crippen LogP) is 3.33. The van der Waals surface area contributed by atoms with Crippen molar-refractivity contribution < 1.29 is 28.1 Å². The summed E-state index contributed by atoms with van der Waals surface area (Å²) in [6, 6.07) is 9.50. The fourth-order valence-electron chi connectivity index (χ4n) is 2.61. The van der Waals surface area contributed by atoms with Crippen molar-refractivity contribution >= 4 is 5.91 Å². The molecule has 27 heavy (non-hydrogen) atoms. The van der Waals surface area contributed by atoms with E-state index < -0.39 is 11.9 Å². The molecule has 146 valence electrons. The van der Waals surface area contributed by atoms with Gasteiger partial charge in [-0.25, -0.2) is 4.39 Å². The van der Waals surface area contributed by atoms with Gasteiger partial charge in [0.1, 0.15) is 0 Å². The van der Waals surface area contributed by atoms with Crippen LogP contribution in [0.2, 0.25) is 0 Å². The topological polar surface area (TPSA) is 66.0 Å². The molecule has 0 unspecified atom stereocenters. The normalized spacial score (nSPS) is 11.4. The Morgan fingerprint density at radius 3 is 2.30 bits per heavy atom. The van der Waals surface area contributed by atoms with Crippen LogP contribution in [0, 0.1) is 5.82 Å². The van der Waals surface area contributed by atoms with Gasteiger partial charge in [-0.1, -0.05) is 19.1 Å². The Balaban J connectivity index is 2.10. The van der Waals surface area contributed by atoms with Crippen LogP contribution in [-0.4, -0.2) is 33.3 Å². The van der Waals surface area contributed by atoms with E-state index in [1.165, 1.54) is 33.5 Å². The highest BCUT2D eigenvalue weighted by atomic mass is 19.1. The van der Waals surface area contributed by atoms with Crippen LogP contribution in [0.5, 0.6) is 23.0 Å². The summed E-state index contributed by atoms with van der Waals surface area (Å²) >= 11 is 0. The molecule has 0 aliphatic rings. The van der Waals surface area contributed by atoms with Crippen LogP contribution >= 0.6 is 0 Å². The van der Waals surface area contributed by atoms with Crippen molar-refractivity contribution in [3.8, 4) is 23.0 Å². The van der Waals surface area contributed by atoms with Crippen LogP contribution in [-0.2, 0) is 11.3 Å². The van der Waals surface area contributed by atoms with Crippen LogP contribution in [0.1, 0.15) is 18.9 Å². The molecule has 0 fully saturated rings. The third kappa shape index (κ3) is 4.81. The maximum Gasteiger partial charge on any atom is 0.261 e. The van der Waals surface area contributed by atoms with Crippen LogP contribution in [0.4, 0.5) is 4.39 Å². The largest absolute Gasteiger partial charge is 0.493 e. The molecule has 6 nitrogen and oxygen atoms in total. The minimum Gasteiger partial charge on any atom is -0.493 e. The quantitative estimate of drug-likeness (QED) is 0.726. The number of para-hydroxylation sites is 1. The monoisotopic (exact) mass is 377 g/mol. The maximum atomic E-state index is 13.8. The molecular formula is C20H24FNO5. The van der Waals surface area contributed by atoms with Gasteiger partial charge >= 0.3 is 0 Å². The molecule has 2 aromatic carbocycles. The summed E-state index contributed by atoms with van der Waals surface area (Å²) < 4.78 is 35.3. The maximum absolute atomic E-state index is 13.8. The SMILES string of the molecule is CC[C@H](Oc1ccccc1F)C(=O)NCc1ccc(OC)c(OC)c1OC. The first-order valence-corrected chi connectivity index (χ1v) is 8.52. The number of ether oxygens (including phenoxy) is 4. The summed E-state index contributed by atoms with van der Waals surface area (Å²) in [6.07, 6.45) is -0.420. The molecule has 0 radical (unpaired) electrons. The van der Waals surface area contributed by atoms with Gasteiger partial charge < -0.3 is 24.3 Å². The number of rotatable bonds is 9. The molecule has 0 bridgehead atoms. The number of carbonyl (C=O) groups is 1. The van der Waals surface area contributed by atoms with Gasteiger partial charge in [-0.05, 0) is 30.7 Å². The Morgan fingerprint density at radius 2 is 1.70 bits per heavy atom. The van der Waals surface area contributed by atoms with Crippen LogP contribution in [0.25, 0.3) is 0 Å². The van der Waals surface area contributed by atoms with Crippen molar-refractivity contribution in [2.45, 2.75) is 26.0 Å². The number of benzene rings is 2. The third-order valence-electron chi connectivity index (χ3n) is 4.01. The van der Waals surface area contributed by atoms with E-state index in [0.29, 0.717) is 29.2 Å². The highest BCUT2D eigenvalue weighted by molar-refractivity contribution is 5.81. The Labute approximate surface area is 158 Å². The van der Waals surface area contributed by atoms with Gasteiger partial charge in [0.2, 0.25) is 5.75 Å². The Bertz CT molecular complexity index is 781. The molecule has 0 heterocycles. The molecule has 7 heteroatoms. The molecule has 1 N–H and O–H groups in total. The summed E-state index contributed by atoms with van der Waals surface area (Å²) in [7, 11) is 4.56. The van der Waals surface area contributed by atoms with E-state index in [-0.39, 0.29) is 18.2 Å². The van der Waals surface area contributed by atoms with E-state index in [9.17, 15) is 9.18 Å². The minimum atomic E-state index is -0.812. The van der Waals surface area contributed by atoms with E-state index in [4.69, 9.17) is 18.9 Å². The zero-order chi connectivity index (χ0) is 19.8. The molecule has 2 rings (SSSR count). The summed E-state index contributed by atoms with van der Waals surface area (Å²) in [5, 5.41) is 2.79. The fraction of sp³-hybridized carbons (Fsp3) is 0.350. The van der Waals surface area contributed by atoms with Gasteiger partial charge in [-0.15, -0.1) is 0 Å². The standard InChI is InChI=1S/C20H24FNO5/c1-5-15(27-16-9-7-6-8-14(16)21)20(23)22-12-13-10-11-17(24-2)19(26-4)18(13)25-3/h6-11,15H,5,12H2,1-4H3,(H,22,23)/t15-/m0/s1. The van der Waals surface area contributed by atoms with Gasteiger partial charge in [0.25, 0.3) is 5.91 Å². The summed E-state index contributed by atoms with van der Waals surface area (Å²) in [6.45, 7) is 1.99. The lowest BCUT2D eigenvalue weighted by Gasteiger charge is -2.19. The van der Waals surface area contributed by atoms with Crippen molar-refractivity contribution in [2.75, 3.05) is 21.3 Å². The molecular weight excluding hydrogens is 353 g/mol. The third-order valence-corrected chi connectivity index (χ3v) is 4.01. The molecule has 1 atom stereocenters. The highest BCUT2D eigenvalue weighted by Gasteiger charge is 2.21. The van der Waals surface area contributed by atoms with Crippen molar-refractivity contribution in [3.63, 3.8) is 0 Å². The number of amides is 1. The van der Waals surface area contributed by atoms with E-state index in [2.05, 4.69) is 5.32 Å². The van der Waals surface area contributed by atoms with E-state index in [1.54, 1.807) is 31.2 Å². The fourth-order valence-corrected chi connectivity index (χ4v) is 2.61. The van der Waals surface area contributed by atoms with E-state index in [1.807, 2.05) is 0 Å². The lowest BCUT2D eigenvalue weighted by Crippen LogP contribution is -2.37. The molecule has 0 spiro atoms. The first kappa shape index (κ1) is 20.4. The van der Waals surface area contributed by atoms with Crippen molar-refractivity contribution in [2.24, 2.45) is 0 Å². The Hall–Kier alpha value is -2.96. The zero-order valence-electron chi connectivity index (χ0n) is 15.9. The van der Waals surface area contributed by atoms with E-state index in [0.717, 1.165) is 0 Å². The second-order valence-corrected chi connectivity index (χ2v) is 5.66. The lowest BCUT2D eigenvalue weighted by molar-refractivity contribution is -0.128. The molecule has 2 aromatic rings. The van der Waals surface area contributed by atoms with Gasteiger partial charge in [0.05, 0.1) is 21.3 Å². The molecule has 0 aliphatic heterocycles. The van der Waals surface area contributed by atoms with Gasteiger partial charge in [-0.3, -0.25) is 4.79 Å². The number of hydrogen-bond donors (Lipinski definition) is 1. The summed E-state index contributed by atoms with van der Waals surface area (Å²) in [5.74, 6) is 0.631. The van der Waals surface area contributed by atoms with Crippen LogP contribution in [0.3, 0.4) is 0 Å². The number of carbonyl (C=O) groups excluding carboxylic acids is 1. The number of methoxy groups -OCH3 is 3. The van der Waals surface area contributed by atoms with Gasteiger partial charge in [0, 0.05) is 12.1 Å². The average molecular weight is 377 g/mol. The molecule has 0 saturated carbocycles. The van der Waals surface area contributed by atoms with E-state index >= 15 is 0 Å². The second-order valence-electron chi connectivity index (χ2n) is 5.66. The number of hydrogen-bond acceptors (Lipinski definition) is 5. The molecule has 1 amide bonds. The van der Waals surface area contributed by atoms with Crippen LogP contribution < -0.4 is 24.3 Å². The Morgan fingerprint density at radius 1 is 1.00 bits per heavy atom. The van der Waals surface area contributed by atoms with Crippen molar-refractivity contribution in [1.29, 1.82) is 0 Å². The highest BCUT2D eigenvalue weighted by Crippen LogP contribution is 2.39.